The molecule has 1 rings (SSSR count). The molecule has 6 heteroatoms. The molecule has 0 unspecified atom stereocenters. The molecule has 0 aromatic carbocycles. The number of anilines is 1. The summed E-state index contributed by atoms with van der Waals surface area (Å²) in [5.74, 6) is 1.83. The fourth-order valence-corrected chi connectivity index (χ4v) is 1.29. The Morgan fingerprint density at radius 1 is 1.00 bits per heavy atom. The molecule has 1 heterocycles. The van der Waals surface area contributed by atoms with Crippen molar-refractivity contribution in [1.29, 1.82) is 0 Å². The summed E-state index contributed by atoms with van der Waals surface area (Å²) in [6, 6.07) is 0. The Balaban J connectivity index is 3.02. The highest BCUT2D eigenvalue weighted by Crippen LogP contribution is 2.04. The Labute approximate surface area is 91.7 Å². The lowest BCUT2D eigenvalue weighted by Crippen LogP contribution is -2.04. The Kier molecular flexibility index (Phi) is 3.69. The van der Waals surface area contributed by atoms with Crippen LogP contribution in [0.3, 0.4) is 0 Å². The number of alkyl halides is 2. The lowest BCUT2D eigenvalue weighted by Gasteiger charge is -1.98. The second kappa shape index (κ2) is 4.33. The maximum atomic E-state index is 5.44. The first-order valence-corrected chi connectivity index (χ1v) is 5.92. The normalized spacial score (nSPS) is 10.0. The van der Waals surface area contributed by atoms with Crippen molar-refractivity contribution >= 4 is 51.1 Å². The molecule has 1 aromatic rings. The quantitative estimate of drug-likeness (QED) is 0.625. The predicted octanol–water partition coefficient (Wildman–Crippen LogP) is 1.32. The van der Waals surface area contributed by atoms with Crippen LogP contribution in [-0.2, 0) is 8.86 Å². The Bertz CT molecular complexity index is 230. The predicted molar refractivity (Wildman–Crippen MR) is 59.7 cm³/mol. The van der Waals surface area contributed by atoms with E-state index in [-0.39, 0.29) is 0 Å². The van der Waals surface area contributed by atoms with Gasteiger partial charge in [-0.05, 0) is 0 Å². The highest BCUT2D eigenvalue weighted by Gasteiger charge is 2.00. The van der Waals surface area contributed by atoms with Crippen LogP contribution in [0.1, 0.15) is 11.6 Å². The monoisotopic (exact) mass is 376 g/mol. The van der Waals surface area contributed by atoms with Crippen LogP contribution in [-0.4, -0.2) is 15.0 Å². The third kappa shape index (κ3) is 2.65. The van der Waals surface area contributed by atoms with Crippen LogP contribution in [0.5, 0.6) is 0 Å². The first kappa shape index (κ1) is 9.36. The number of halogens is 2. The van der Waals surface area contributed by atoms with Crippen molar-refractivity contribution in [3.05, 3.63) is 11.6 Å². The fraction of sp³-hybridized carbons (Fsp3) is 0.400. The molecule has 2 N–H and O–H groups in total. The van der Waals surface area contributed by atoms with E-state index in [1.165, 1.54) is 0 Å². The number of nitrogens with two attached hydrogens (primary N) is 1. The molecule has 0 saturated carbocycles. The number of nitrogens with zero attached hydrogens (tertiary/aromatic N) is 3. The fourth-order valence-electron chi connectivity index (χ4n) is 0.608. The van der Waals surface area contributed by atoms with E-state index in [0.29, 0.717) is 5.95 Å². The number of hydrogen-bond donors (Lipinski definition) is 1. The van der Waals surface area contributed by atoms with Crippen LogP contribution < -0.4 is 5.73 Å². The van der Waals surface area contributed by atoms with Gasteiger partial charge in [0, 0.05) is 0 Å². The number of aromatic nitrogens is 3. The summed E-state index contributed by atoms with van der Waals surface area (Å²) < 4.78 is 1.54. The molecule has 60 valence electrons. The first-order valence-electron chi connectivity index (χ1n) is 2.87. The number of nitrogen functional groups attached to an aromatic ring is 1. The molecule has 11 heavy (non-hydrogen) atoms. The van der Waals surface area contributed by atoms with Gasteiger partial charge < -0.3 is 5.73 Å². The lowest BCUT2D eigenvalue weighted by molar-refractivity contribution is 0.926. The van der Waals surface area contributed by atoms with E-state index in [9.17, 15) is 0 Å². The van der Waals surface area contributed by atoms with Gasteiger partial charge in [0.15, 0.2) is 0 Å². The van der Waals surface area contributed by atoms with Crippen LogP contribution in [0, 0.1) is 0 Å². The van der Waals surface area contributed by atoms with Gasteiger partial charge in [0.2, 0.25) is 5.95 Å². The van der Waals surface area contributed by atoms with Gasteiger partial charge in [0.1, 0.15) is 11.6 Å². The molecular formula is C5H6I2N4. The molecule has 0 bridgehead atoms. The van der Waals surface area contributed by atoms with Crippen molar-refractivity contribution in [3.8, 4) is 0 Å². The summed E-state index contributed by atoms with van der Waals surface area (Å²) in [6.45, 7) is 0. The molecule has 0 aliphatic carbocycles. The van der Waals surface area contributed by atoms with E-state index in [1.807, 2.05) is 0 Å². The van der Waals surface area contributed by atoms with Crippen molar-refractivity contribution < 1.29 is 0 Å². The van der Waals surface area contributed by atoms with Gasteiger partial charge in [0.25, 0.3) is 0 Å². The molecule has 0 aliphatic heterocycles. The van der Waals surface area contributed by atoms with Crippen molar-refractivity contribution in [2.24, 2.45) is 0 Å². The zero-order valence-electron chi connectivity index (χ0n) is 5.59. The van der Waals surface area contributed by atoms with E-state index < -0.39 is 0 Å². The van der Waals surface area contributed by atoms with Gasteiger partial charge in [-0.15, -0.1) is 0 Å². The van der Waals surface area contributed by atoms with Crippen molar-refractivity contribution in [2.45, 2.75) is 8.86 Å². The van der Waals surface area contributed by atoms with Gasteiger partial charge in [-0.25, -0.2) is 4.98 Å². The summed E-state index contributed by atoms with van der Waals surface area (Å²) >= 11 is 4.38. The average Bonchev–Trinajstić information content (AvgIpc) is 2.03. The van der Waals surface area contributed by atoms with E-state index in [1.54, 1.807) is 0 Å². The number of rotatable bonds is 2. The second-order valence-electron chi connectivity index (χ2n) is 1.79. The molecular weight excluding hydrogens is 370 g/mol. The van der Waals surface area contributed by atoms with E-state index in [0.717, 1.165) is 20.5 Å². The van der Waals surface area contributed by atoms with Gasteiger partial charge in [-0.3, -0.25) is 0 Å². The van der Waals surface area contributed by atoms with Crippen LogP contribution in [0.25, 0.3) is 0 Å². The molecule has 0 amide bonds. The lowest BCUT2D eigenvalue weighted by atomic mass is 10.6. The maximum Gasteiger partial charge on any atom is 0.223 e. The Morgan fingerprint density at radius 2 is 1.45 bits per heavy atom. The highest BCUT2D eigenvalue weighted by atomic mass is 127. The topological polar surface area (TPSA) is 64.7 Å². The molecule has 4 nitrogen and oxygen atoms in total. The van der Waals surface area contributed by atoms with E-state index >= 15 is 0 Å². The zero-order chi connectivity index (χ0) is 8.27. The third-order valence-corrected chi connectivity index (χ3v) is 2.35. The average molecular weight is 376 g/mol. The molecule has 0 aliphatic rings. The zero-order valence-corrected chi connectivity index (χ0v) is 9.90. The van der Waals surface area contributed by atoms with Crippen LogP contribution in [0.4, 0.5) is 5.95 Å². The van der Waals surface area contributed by atoms with Crippen LogP contribution in [0.2, 0.25) is 0 Å². The Hall–Kier alpha value is 0.270. The van der Waals surface area contributed by atoms with Gasteiger partial charge in [0.05, 0.1) is 8.86 Å². The summed E-state index contributed by atoms with van der Waals surface area (Å²) in [7, 11) is 0. The molecule has 0 radical (unpaired) electrons. The Morgan fingerprint density at radius 3 is 1.82 bits per heavy atom. The van der Waals surface area contributed by atoms with Crippen molar-refractivity contribution in [2.75, 3.05) is 5.73 Å². The minimum Gasteiger partial charge on any atom is -0.368 e. The van der Waals surface area contributed by atoms with Gasteiger partial charge >= 0.3 is 0 Å². The van der Waals surface area contributed by atoms with Crippen LogP contribution >= 0.6 is 45.2 Å². The summed E-state index contributed by atoms with van der Waals surface area (Å²) in [5.41, 5.74) is 5.44. The second-order valence-corrected chi connectivity index (χ2v) is 3.32. The van der Waals surface area contributed by atoms with Crippen molar-refractivity contribution in [3.63, 3.8) is 0 Å². The van der Waals surface area contributed by atoms with Crippen LogP contribution in [0.15, 0.2) is 0 Å². The maximum absolute atomic E-state index is 5.44. The summed E-state index contributed by atoms with van der Waals surface area (Å²) in [5, 5.41) is 0. The van der Waals surface area contributed by atoms with Gasteiger partial charge in [-0.1, -0.05) is 45.2 Å². The minimum absolute atomic E-state index is 0.318. The highest BCUT2D eigenvalue weighted by molar-refractivity contribution is 14.1. The molecule has 0 spiro atoms. The van der Waals surface area contributed by atoms with Gasteiger partial charge in [-0.2, -0.15) is 9.97 Å². The van der Waals surface area contributed by atoms with E-state index in [4.69, 9.17) is 5.73 Å². The third-order valence-electron chi connectivity index (χ3n) is 0.984. The first-order chi connectivity index (χ1) is 5.26. The standard InChI is InChI=1S/C5H6I2N4/c6-1-3-9-4(2-7)11-5(8)10-3/h1-2H2,(H2,8,9,10,11). The molecule has 0 saturated heterocycles. The SMILES string of the molecule is Nc1nc(CI)nc(CI)n1. The summed E-state index contributed by atoms with van der Waals surface area (Å²) in [6.07, 6.45) is 0. The van der Waals surface area contributed by atoms with Crippen molar-refractivity contribution in [1.82, 2.24) is 15.0 Å². The van der Waals surface area contributed by atoms with E-state index in [2.05, 4.69) is 60.1 Å². The summed E-state index contributed by atoms with van der Waals surface area (Å²) in [4.78, 5) is 12.0. The minimum atomic E-state index is 0.318. The molecule has 0 atom stereocenters. The smallest absolute Gasteiger partial charge is 0.223 e. The number of hydrogen-bond acceptors (Lipinski definition) is 4. The molecule has 1 aromatic heterocycles. The largest absolute Gasteiger partial charge is 0.368 e. The molecule has 0 fully saturated rings.